The lowest BCUT2D eigenvalue weighted by Gasteiger charge is -2.44. The van der Waals surface area contributed by atoms with Gasteiger partial charge in [0.1, 0.15) is 0 Å². The van der Waals surface area contributed by atoms with E-state index in [9.17, 15) is 13.0 Å². The second kappa shape index (κ2) is 11.2. The van der Waals surface area contributed by atoms with Crippen LogP contribution in [-0.4, -0.2) is 83.1 Å². The molecule has 2 unspecified atom stereocenters. The average molecular weight is 464 g/mol. The first kappa shape index (κ1) is 23.3. The Morgan fingerprint density at radius 3 is 2.38 bits per heavy atom. The molecule has 1 heterocycles. The van der Waals surface area contributed by atoms with Gasteiger partial charge in [-0.3, -0.25) is 9.12 Å². The highest BCUT2D eigenvalue weighted by Gasteiger charge is 2.45. The van der Waals surface area contributed by atoms with Crippen molar-refractivity contribution in [2.45, 2.75) is 11.8 Å². The van der Waals surface area contributed by atoms with Crippen molar-refractivity contribution in [3.63, 3.8) is 0 Å². The van der Waals surface area contributed by atoms with E-state index >= 15 is 0 Å². The normalized spacial score (nSPS) is 26.1. The summed E-state index contributed by atoms with van der Waals surface area (Å²) < 4.78 is 53.0. The molecular weight excluding hydrogens is 442 g/mol. The van der Waals surface area contributed by atoms with Crippen LogP contribution in [0.5, 0.6) is 0 Å². The van der Waals surface area contributed by atoms with Gasteiger partial charge in [-0.15, -0.1) is 46.6 Å². The van der Waals surface area contributed by atoms with Crippen LogP contribution in [0, 0.1) is 0 Å². The highest BCUT2D eigenvalue weighted by atomic mass is 35.5. The van der Waals surface area contributed by atoms with Gasteiger partial charge in [-0.1, -0.05) is 0 Å². The monoisotopic (exact) mass is 462 g/mol. The maximum absolute atomic E-state index is 13.5. The third-order valence-corrected chi connectivity index (χ3v) is 9.01. The molecule has 1 aliphatic rings. The number of nitrogens with zero attached hydrogens (tertiary/aromatic N) is 2. The predicted octanol–water partition coefficient (Wildman–Crippen LogP) is 2.78. The summed E-state index contributed by atoms with van der Waals surface area (Å²) in [5.74, 6) is 0.631. The largest absolute Gasteiger partial charge is 0.347 e. The zero-order valence-electron chi connectivity index (χ0n) is 13.0. The first-order chi connectivity index (χ1) is 11.3. The van der Waals surface area contributed by atoms with Crippen molar-refractivity contribution in [3.05, 3.63) is 0 Å². The van der Waals surface area contributed by atoms with E-state index in [4.69, 9.17) is 43.9 Å². The number of alkyl halides is 3. The zero-order chi connectivity index (χ0) is 18.2. The van der Waals surface area contributed by atoms with Crippen molar-refractivity contribution in [1.82, 2.24) is 9.34 Å². The summed E-state index contributed by atoms with van der Waals surface area (Å²) >= 11 is 18.8. The molecular formula is C11H22Cl3N2O5PS2. The van der Waals surface area contributed by atoms with Crippen LogP contribution < -0.4 is 0 Å². The van der Waals surface area contributed by atoms with E-state index in [-0.39, 0.29) is 41.1 Å². The molecule has 0 aromatic heterocycles. The molecule has 0 saturated carbocycles. The molecule has 0 bridgehead atoms. The minimum absolute atomic E-state index is 0.188. The summed E-state index contributed by atoms with van der Waals surface area (Å²) in [6.45, 7) is 1.31. The van der Waals surface area contributed by atoms with Crippen LogP contribution in [0.25, 0.3) is 0 Å². The third kappa shape index (κ3) is 7.10. The van der Waals surface area contributed by atoms with Crippen LogP contribution in [0.15, 0.2) is 0 Å². The molecule has 144 valence electrons. The first-order valence-corrected chi connectivity index (χ1v) is 13.1. The molecule has 7 nitrogen and oxygen atoms in total. The Morgan fingerprint density at radius 1 is 1.25 bits per heavy atom. The van der Waals surface area contributed by atoms with E-state index in [1.54, 1.807) is 9.34 Å². The molecule has 1 rings (SSSR count). The summed E-state index contributed by atoms with van der Waals surface area (Å²) in [7, 11) is -7.37. The Hall–Kier alpha value is 1.24. The molecule has 1 fully saturated rings. The van der Waals surface area contributed by atoms with Crippen molar-refractivity contribution in [2.24, 2.45) is 0 Å². The molecule has 24 heavy (non-hydrogen) atoms. The number of hydrogen-bond acceptors (Lipinski definition) is 5. The van der Waals surface area contributed by atoms with Gasteiger partial charge in [0, 0.05) is 43.0 Å². The van der Waals surface area contributed by atoms with E-state index in [0.717, 1.165) is 0 Å². The molecule has 0 amide bonds. The Kier molecular flexibility index (Phi) is 10.8. The fourth-order valence-corrected chi connectivity index (χ4v) is 8.30. The van der Waals surface area contributed by atoms with Gasteiger partial charge in [0.25, 0.3) is 10.1 Å². The van der Waals surface area contributed by atoms with E-state index in [0.29, 0.717) is 26.1 Å². The topological polar surface area (TPSA) is 87.1 Å². The standard InChI is InChI=1S/C11H22Cl3N2O5PS2/c12-2-5-15(6-3-13)22(17)16(7-4-14)11(1-8-21-22)23-9-10-24(18,19)20/h11H,1-10H2,(H,18,19,20). The maximum atomic E-state index is 13.5. The van der Waals surface area contributed by atoms with E-state index in [1.807, 2.05) is 0 Å². The van der Waals surface area contributed by atoms with Gasteiger partial charge in [0.15, 0.2) is 0 Å². The van der Waals surface area contributed by atoms with Gasteiger partial charge in [-0.25, -0.2) is 9.34 Å². The highest BCUT2D eigenvalue weighted by molar-refractivity contribution is 8.00. The summed E-state index contributed by atoms with van der Waals surface area (Å²) in [6.07, 6.45) is 0.576. The van der Waals surface area contributed by atoms with Crippen LogP contribution in [-0.2, 0) is 19.2 Å². The molecule has 0 spiro atoms. The molecule has 1 N–H and O–H groups in total. The minimum Gasteiger partial charge on any atom is -0.306 e. The number of thioether (sulfide) groups is 1. The number of hydrogen-bond donors (Lipinski definition) is 1. The smallest absolute Gasteiger partial charge is 0.306 e. The van der Waals surface area contributed by atoms with Crippen LogP contribution in [0.4, 0.5) is 0 Å². The lowest BCUT2D eigenvalue weighted by Crippen LogP contribution is -2.44. The molecule has 0 radical (unpaired) electrons. The van der Waals surface area contributed by atoms with Crippen LogP contribution in [0.1, 0.15) is 6.42 Å². The van der Waals surface area contributed by atoms with Crippen molar-refractivity contribution >= 4 is 64.4 Å². The quantitative estimate of drug-likeness (QED) is 0.284. The maximum Gasteiger partial charge on any atom is 0.347 e. The van der Waals surface area contributed by atoms with Crippen molar-refractivity contribution in [3.8, 4) is 0 Å². The van der Waals surface area contributed by atoms with Gasteiger partial charge < -0.3 is 4.52 Å². The predicted molar refractivity (Wildman–Crippen MR) is 101 cm³/mol. The lowest BCUT2D eigenvalue weighted by molar-refractivity contribution is 0.161. The zero-order valence-corrected chi connectivity index (χ0v) is 17.8. The molecule has 13 heteroatoms. The molecule has 1 aliphatic heterocycles. The third-order valence-electron chi connectivity index (χ3n) is 3.29. The average Bonchev–Trinajstić information content (AvgIpc) is 2.49. The summed E-state index contributed by atoms with van der Waals surface area (Å²) in [4.78, 5) is 0. The van der Waals surface area contributed by atoms with Gasteiger partial charge in [-0.05, 0) is 6.42 Å². The van der Waals surface area contributed by atoms with Gasteiger partial charge in [-0.2, -0.15) is 8.42 Å². The highest BCUT2D eigenvalue weighted by Crippen LogP contribution is 2.59. The summed E-state index contributed by atoms with van der Waals surface area (Å²) in [5, 5.41) is -0.224. The second-order valence-corrected chi connectivity index (χ2v) is 11.2. The van der Waals surface area contributed by atoms with Gasteiger partial charge in [0.2, 0.25) is 0 Å². The fourth-order valence-electron chi connectivity index (χ4n) is 2.28. The van der Waals surface area contributed by atoms with E-state index in [1.165, 1.54) is 11.8 Å². The summed E-state index contributed by atoms with van der Waals surface area (Å²) in [6, 6.07) is 0. The summed E-state index contributed by atoms with van der Waals surface area (Å²) in [5.41, 5.74) is 0. The fraction of sp³-hybridized carbons (Fsp3) is 1.00. The Labute approximate surface area is 162 Å². The van der Waals surface area contributed by atoms with Gasteiger partial charge in [0.05, 0.1) is 17.7 Å². The number of halogens is 3. The number of rotatable bonds is 11. The molecule has 1 saturated heterocycles. The molecule has 2 atom stereocenters. The van der Waals surface area contributed by atoms with Gasteiger partial charge >= 0.3 is 7.67 Å². The SMILES string of the molecule is O=P1(N(CCCl)CCCl)OCCC(SCCS(=O)(=O)O)N1CCCl. The molecule has 0 aromatic rings. The molecule has 0 aromatic carbocycles. The van der Waals surface area contributed by atoms with Crippen LogP contribution in [0.2, 0.25) is 0 Å². The Morgan fingerprint density at radius 2 is 1.88 bits per heavy atom. The van der Waals surface area contributed by atoms with E-state index < -0.39 is 17.8 Å². The minimum atomic E-state index is -4.03. The van der Waals surface area contributed by atoms with Crippen molar-refractivity contribution < 1.29 is 22.1 Å². The second-order valence-electron chi connectivity index (χ2n) is 4.91. The van der Waals surface area contributed by atoms with E-state index in [2.05, 4.69) is 0 Å². The van der Waals surface area contributed by atoms with Crippen LogP contribution in [0.3, 0.4) is 0 Å². The molecule has 0 aliphatic carbocycles. The Bertz CT molecular complexity index is 522. The lowest BCUT2D eigenvalue weighted by atomic mass is 10.4. The van der Waals surface area contributed by atoms with Crippen molar-refractivity contribution in [1.29, 1.82) is 0 Å². The first-order valence-electron chi connectivity index (χ1n) is 7.30. The van der Waals surface area contributed by atoms with Crippen molar-refractivity contribution in [2.75, 3.05) is 55.4 Å². The Balaban J connectivity index is 2.91. The van der Waals surface area contributed by atoms with Crippen LogP contribution >= 0.6 is 54.2 Å².